The third-order valence-corrected chi connectivity index (χ3v) is 4.23. The van der Waals surface area contributed by atoms with E-state index in [1.54, 1.807) is 0 Å². The first-order valence-electron chi connectivity index (χ1n) is 7.54. The van der Waals surface area contributed by atoms with Gasteiger partial charge in [0.15, 0.2) is 11.5 Å². The predicted octanol–water partition coefficient (Wildman–Crippen LogP) is 0.679. The average molecular weight is 401 g/mol. The number of benzene rings is 1. The number of methoxy groups -OCH3 is 1. The highest BCUT2D eigenvalue weighted by Crippen LogP contribution is 2.29. The number of carbonyl (C=O) groups excluding carboxylic acids is 1. The first-order chi connectivity index (χ1) is 12.8. The molecule has 0 bridgehead atoms. The molecule has 1 aromatic heterocycles. The van der Waals surface area contributed by atoms with Gasteiger partial charge in [-0.1, -0.05) is 17.8 Å². The number of nitrogens with one attached hydrogen (secondary N) is 1. The van der Waals surface area contributed by atoms with Crippen LogP contribution in [0.4, 0.5) is 8.78 Å². The number of aromatic nitrogens is 3. The largest absolute Gasteiger partial charge is 0.493 e. The number of ether oxygens (including phenoxy) is 2. The van der Waals surface area contributed by atoms with E-state index in [4.69, 9.17) is 10.6 Å². The van der Waals surface area contributed by atoms with Crippen LogP contribution in [0.2, 0.25) is 0 Å². The van der Waals surface area contributed by atoms with Crippen molar-refractivity contribution < 1.29 is 23.0 Å². The molecule has 1 aromatic carbocycles. The number of nitrogens with zero attached hydrogens (tertiary/aromatic N) is 3. The number of halogens is 2. The molecule has 0 atom stereocenters. The van der Waals surface area contributed by atoms with Crippen molar-refractivity contribution in [3.63, 3.8) is 0 Å². The second-order valence-electron chi connectivity index (χ2n) is 5.17. The van der Waals surface area contributed by atoms with Gasteiger partial charge in [-0.15, -0.1) is 10.2 Å². The normalized spacial score (nSPS) is 10.7. The zero-order chi connectivity index (χ0) is 20.0. The molecule has 27 heavy (non-hydrogen) atoms. The highest BCUT2D eigenvalue weighted by Gasteiger charge is 2.13. The Hall–Kier alpha value is -2.89. The monoisotopic (exact) mass is 401 g/mol. The molecule has 2 rings (SSSR count). The summed E-state index contributed by atoms with van der Waals surface area (Å²) in [6.45, 7) is -1.35. The van der Waals surface area contributed by atoms with Gasteiger partial charge in [0.05, 0.1) is 12.9 Å². The second-order valence-corrected chi connectivity index (χ2v) is 6.11. The van der Waals surface area contributed by atoms with Gasteiger partial charge in [-0.2, -0.15) is 13.5 Å². The SMILES string of the molecule is COc1cc(CNC(=O)CSc2nnc(C)c(=O)n2N)ccc1OC(F)F. The Bertz CT molecular complexity index is 878. The van der Waals surface area contributed by atoms with E-state index in [9.17, 15) is 18.4 Å². The molecule has 146 valence electrons. The number of nitrogen functional groups attached to an aromatic ring is 1. The quantitative estimate of drug-likeness (QED) is 0.489. The fraction of sp³-hybridized carbons (Fsp3) is 0.333. The number of nitrogens with two attached hydrogens (primary N) is 1. The van der Waals surface area contributed by atoms with Crippen LogP contribution in [0.5, 0.6) is 11.5 Å². The van der Waals surface area contributed by atoms with E-state index >= 15 is 0 Å². The van der Waals surface area contributed by atoms with E-state index in [2.05, 4.69) is 20.3 Å². The molecule has 0 saturated carbocycles. The molecule has 0 aliphatic carbocycles. The Morgan fingerprint density at radius 1 is 1.37 bits per heavy atom. The first kappa shape index (κ1) is 20.4. The fourth-order valence-corrected chi connectivity index (χ4v) is 2.65. The van der Waals surface area contributed by atoms with E-state index in [0.29, 0.717) is 5.56 Å². The molecule has 0 radical (unpaired) electrons. The van der Waals surface area contributed by atoms with Gasteiger partial charge < -0.3 is 20.6 Å². The number of alkyl halides is 2. The topological polar surface area (TPSA) is 121 Å². The van der Waals surface area contributed by atoms with Gasteiger partial charge in [0.25, 0.3) is 5.56 Å². The molecule has 12 heteroatoms. The molecule has 2 aromatic rings. The molecule has 0 spiro atoms. The van der Waals surface area contributed by atoms with Crippen LogP contribution in [-0.4, -0.2) is 40.3 Å². The Morgan fingerprint density at radius 3 is 2.78 bits per heavy atom. The number of rotatable bonds is 8. The van der Waals surface area contributed by atoms with Crippen molar-refractivity contribution >= 4 is 17.7 Å². The molecule has 1 amide bonds. The predicted molar refractivity (Wildman–Crippen MR) is 93.4 cm³/mol. The zero-order valence-corrected chi connectivity index (χ0v) is 15.3. The third kappa shape index (κ3) is 5.54. The molecule has 0 fully saturated rings. The summed E-state index contributed by atoms with van der Waals surface area (Å²) in [6, 6.07) is 4.33. The third-order valence-electron chi connectivity index (χ3n) is 3.29. The van der Waals surface area contributed by atoms with E-state index in [0.717, 1.165) is 16.4 Å². The van der Waals surface area contributed by atoms with Crippen LogP contribution in [0.25, 0.3) is 0 Å². The van der Waals surface area contributed by atoms with Crippen LogP contribution in [0.1, 0.15) is 11.3 Å². The lowest BCUT2D eigenvalue weighted by Crippen LogP contribution is -2.33. The van der Waals surface area contributed by atoms with Crippen LogP contribution >= 0.6 is 11.8 Å². The van der Waals surface area contributed by atoms with E-state index in [1.165, 1.54) is 32.2 Å². The highest BCUT2D eigenvalue weighted by molar-refractivity contribution is 7.99. The fourth-order valence-electron chi connectivity index (χ4n) is 1.97. The Balaban J connectivity index is 1.92. The Labute approximate surface area is 156 Å². The van der Waals surface area contributed by atoms with Gasteiger partial charge >= 0.3 is 6.61 Å². The standard InChI is InChI=1S/C15H17F2N5O4S/c1-8-13(24)22(18)15(21-20-8)27-7-12(23)19-6-9-3-4-10(26-14(16)17)11(5-9)25-2/h3-5,14H,6-7,18H2,1-2H3,(H,19,23). The van der Waals surface area contributed by atoms with E-state index < -0.39 is 12.2 Å². The molecule has 3 N–H and O–H groups in total. The number of hydrogen-bond donors (Lipinski definition) is 2. The zero-order valence-electron chi connectivity index (χ0n) is 14.4. The summed E-state index contributed by atoms with van der Waals surface area (Å²) in [5, 5.41) is 10.2. The number of thioether (sulfide) groups is 1. The van der Waals surface area contributed by atoms with Crippen molar-refractivity contribution in [3.05, 3.63) is 39.8 Å². The minimum atomic E-state index is -2.97. The van der Waals surface area contributed by atoms with Crippen molar-refractivity contribution in [3.8, 4) is 11.5 Å². The molecular formula is C15H17F2N5O4S. The van der Waals surface area contributed by atoms with Crippen LogP contribution < -0.4 is 26.2 Å². The van der Waals surface area contributed by atoms with Gasteiger partial charge in [0, 0.05) is 6.54 Å². The number of aryl methyl sites for hydroxylation is 1. The summed E-state index contributed by atoms with van der Waals surface area (Å²) in [7, 11) is 1.32. The average Bonchev–Trinajstić information content (AvgIpc) is 2.64. The minimum Gasteiger partial charge on any atom is -0.493 e. The molecule has 0 unspecified atom stereocenters. The molecule has 0 aliphatic heterocycles. The van der Waals surface area contributed by atoms with Crippen LogP contribution in [0.3, 0.4) is 0 Å². The lowest BCUT2D eigenvalue weighted by atomic mass is 10.2. The first-order valence-corrected chi connectivity index (χ1v) is 8.53. The van der Waals surface area contributed by atoms with Crippen molar-refractivity contribution in [1.29, 1.82) is 0 Å². The van der Waals surface area contributed by atoms with Gasteiger partial charge in [-0.3, -0.25) is 9.59 Å². The maximum Gasteiger partial charge on any atom is 0.387 e. The summed E-state index contributed by atoms with van der Waals surface area (Å²) in [6.07, 6.45) is 0. The van der Waals surface area contributed by atoms with Gasteiger partial charge in [0.1, 0.15) is 5.69 Å². The molecule has 0 saturated heterocycles. The maximum atomic E-state index is 12.3. The molecule has 9 nitrogen and oxygen atoms in total. The maximum absolute atomic E-state index is 12.3. The lowest BCUT2D eigenvalue weighted by molar-refractivity contribution is -0.118. The van der Waals surface area contributed by atoms with E-state index in [-0.39, 0.29) is 40.6 Å². The summed E-state index contributed by atoms with van der Waals surface area (Å²) in [5.74, 6) is 5.22. The lowest BCUT2D eigenvalue weighted by Gasteiger charge is -2.12. The molecular weight excluding hydrogens is 384 g/mol. The summed E-state index contributed by atoms with van der Waals surface area (Å²) < 4.78 is 34.8. The van der Waals surface area contributed by atoms with Crippen molar-refractivity contribution in [2.24, 2.45) is 0 Å². The van der Waals surface area contributed by atoms with Crippen LogP contribution in [0, 0.1) is 6.92 Å². The van der Waals surface area contributed by atoms with E-state index in [1.807, 2.05) is 0 Å². The Morgan fingerprint density at radius 2 is 2.11 bits per heavy atom. The van der Waals surface area contributed by atoms with Gasteiger partial charge in [-0.05, 0) is 24.6 Å². The van der Waals surface area contributed by atoms with Gasteiger partial charge in [0.2, 0.25) is 11.1 Å². The van der Waals surface area contributed by atoms with Gasteiger partial charge in [-0.25, -0.2) is 0 Å². The number of amides is 1. The molecule has 0 aliphatic rings. The smallest absolute Gasteiger partial charge is 0.387 e. The minimum absolute atomic E-state index is 0.0436. The highest BCUT2D eigenvalue weighted by atomic mass is 32.2. The van der Waals surface area contributed by atoms with Crippen molar-refractivity contribution in [1.82, 2.24) is 20.2 Å². The number of carbonyl (C=O) groups is 1. The summed E-state index contributed by atoms with van der Waals surface area (Å²) >= 11 is 0.954. The Kier molecular flexibility index (Phi) is 6.93. The second kappa shape index (κ2) is 9.16. The number of hydrogen-bond acceptors (Lipinski definition) is 8. The summed E-state index contributed by atoms with van der Waals surface area (Å²) in [5.41, 5.74) is 0.281. The van der Waals surface area contributed by atoms with Crippen LogP contribution in [0.15, 0.2) is 28.2 Å². The van der Waals surface area contributed by atoms with Crippen LogP contribution in [-0.2, 0) is 11.3 Å². The van der Waals surface area contributed by atoms with Crippen molar-refractivity contribution in [2.45, 2.75) is 25.2 Å². The van der Waals surface area contributed by atoms with Crippen molar-refractivity contribution in [2.75, 3.05) is 18.7 Å². The molecule has 1 heterocycles. The summed E-state index contributed by atoms with van der Waals surface area (Å²) in [4.78, 5) is 23.6.